The molecule has 1 unspecified atom stereocenters. The smallest absolute Gasteiger partial charge is 0.339 e. The molecule has 0 aromatic heterocycles. The molecule has 0 saturated heterocycles. The zero-order chi connectivity index (χ0) is 16.1. The van der Waals surface area contributed by atoms with Gasteiger partial charge in [-0.1, -0.05) is 24.3 Å². The highest BCUT2D eigenvalue weighted by molar-refractivity contribution is 5.97. The third kappa shape index (κ3) is 1.98. The number of rotatable bonds is 2. The van der Waals surface area contributed by atoms with Crippen LogP contribution in [0.5, 0.6) is 5.75 Å². The summed E-state index contributed by atoms with van der Waals surface area (Å²) in [5.74, 6) is -0.442. The van der Waals surface area contributed by atoms with E-state index in [1.165, 1.54) is 11.1 Å². The number of carboxylic acids is 1. The Kier molecular flexibility index (Phi) is 3.16. The standard InChI is InChI=1S/C19H19NO3/c1-20-8-7-12-9-14(19(21)22)18(23-2)17-13-6-4-3-5-11(13)10-15(20)16(12)17/h3-6,9,15H,7-8,10H2,1-2H3,(H,21,22). The van der Waals surface area contributed by atoms with Gasteiger partial charge in [-0.2, -0.15) is 0 Å². The van der Waals surface area contributed by atoms with Gasteiger partial charge >= 0.3 is 5.97 Å². The number of benzene rings is 2. The number of ether oxygens (including phenoxy) is 1. The second kappa shape index (κ2) is 5.10. The van der Waals surface area contributed by atoms with E-state index in [-0.39, 0.29) is 5.56 Å². The van der Waals surface area contributed by atoms with Crippen LogP contribution in [0.15, 0.2) is 30.3 Å². The molecule has 4 heteroatoms. The first-order valence-electron chi connectivity index (χ1n) is 7.87. The predicted molar refractivity (Wildman–Crippen MR) is 88.2 cm³/mol. The Hall–Kier alpha value is -2.33. The van der Waals surface area contributed by atoms with Crippen molar-refractivity contribution in [3.63, 3.8) is 0 Å². The van der Waals surface area contributed by atoms with Gasteiger partial charge in [0.15, 0.2) is 0 Å². The van der Waals surface area contributed by atoms with E-state index < -0.39 is 5.97 Å². The average Bonchev–Trinajstić information content (AvgIpc) is 2.57. The van der Waals surface area contributed by atoms with Crippen LogP contribution >= 0.6 is 0 Å². The van der Waals surface area contributed by atoms with Crippen LogP contribution in [0.25, 0.3) is 11.1 Å². The second-order valence-electron chi connectivity index (χ2n) is 6.32. The van der Waals surface area contributed by atoms with Crippen molar-refractivity contribution in [2.45, 2.75) is 18.9 Å². The molecule has 1 aliphatic carbocycles. The molecule has 1 atom stereocenters. The van der Waals surface area contributed by atoms with Crippen molar-refractivity contribution in [2.24, 2.45) is 0 Å². The van der Waals surface area contributed by atoms with Crippen LogP contribution in [0.1, 0.15) is 33.1 Å². The van der Waals surface area contributed by atoms with Gasteiger partial charge in [0.25, 0.3) is 0 Å². The first-order chi connectivity index (χ1) is 11.1. The molecule has 4 rings (SSSR count). The number of methoxy groups -OCH3 is 1. The van der Waals surface area contributed by atoms with Gasteiger partial charge in [0.05, 0.1) is 7.11 Å². The van der Waals surface area contributed by atoms with Crippen molar-refractivity contribution in [3.05, 3.63) is 52.6 Å². The Labute approximate surface area is 135 Å². The zero-order valence-electron chi connectivity index (χ0n) is 13.3. The summed E-state index contributed by atoms with van der Waals surface area (Å²) in [5, 5.41) is 9.61. The third-order valence-electron chi connectivity index (χ3n) is 5.14. The van der Waals surface area contributed by atoms with Crippen molar-refractivity contribution < 1.29 is 14.6 Å². The summed E-state index contributed by atoms with van der Waals surface area (Å²) < 4.78 is 5.57. The van der Waals surface area contributed by atoms with Gasteiger partial charge < -0.3 is 9.84 Å². The van der Waals surface area contributed by atoms with Crippen LogP contribution in [-0.2, 0) is 12.8 Å². The minimum absolute atomic E-state index is 0.265. The average molecular weight is 309 g/mol. The molecule has 118 valence electrons. The summed E-state index contributed by atoms with van der Waals surface area (Å²) in [6.45, 7) is 0.949. The Balaban J connectivity index is 2.11. The quantitative estimate of drug-likeness (QED) is 0.926. The lowest BCUT2D eigenvalue weighted by molar-refractivity contribution is 0.0693. The molecule has 1 N–H and O–H groups in total. The van der Waals surface area contributed by atoms with Crippen LogP contribution in [0.4, 0.5) is 0 Å². The molecule has 0 amide bonds. The van der Waals surface area contributed by atoms with Crippen molar-refractivity contribution in [2.75, 3.05) is 20.7 Å². The molecule has 0 radical (unpaired) electrons. The van der Waals surface area contributed by atoms with Gasteiger partial charge in [-0.3, -0.25) is 4.90 Å². The lowest BCUT2D eigenvalue weighted by Gasteiger charge is -2.40. The fourth-order valence-corrected chi connectivity index (χ4v) is 4.04. The van der Waals surface area contributed by atoms with Gasteiger partial charge in [0, 0.05) is 18.2 Å². The second-order valence-corrected chi connectivity index (χ2v) is 6.32. The summed E-state index contributed by atoms with van der Waals surface area (Å²) >= 11 is 0. The van der Waals surface area contributed by atoms with Crippen molar-refractivity contribution in [1.82, 2.24) is 4.90 Å². The Morgan fingerprint density at radius 1 is 1.30 bits per heavy atom. The largest absolute Gasteiger partial charge is 0.495 e. The minimum Gasteiger partial charge on any atom is -0.495 e. The van der Waals surface area contributed by atoms with Crippen molar-refractivity contribution >= 4 is 5.97 Å². The number of hydrogen-bond donors (Lipinski definition) is 1. The van der Waals surface area contributed by atoms with Crippen molar-refractivity contribution in [3.8, 4) is 16.9 Å². The highest BCUT2D eigenvalue weighted by Gasteiger charge is 2.36. The van der Waals surface area contributed by atoms with E-state index in [0.717, 1.165) is 36.1 Å². The van der Waals surface area contributed by atoms with Crippen LogP contribution in [0.3, 0.4) is 0 Å². The fourth-order valence-electron chi connectivity index (χ4n) is 4.04. The molecule has 0 bridgehead atoms. The maximum atomic E-state index is 11.7. The number of carboxylic acid groups (broad SMARTS) is 1. The summed E-state index contributed by atoms with van der Waals surface area (Å²) in [5.41, 5.74) is 6.00. The number of likely N-dealkylation sites (N-methyl/N-ethyl adjacent to an activating group) is 1. The Morgan fingerprint density at radius 3 is 2.83 bits per heavy atom. The lowest BCUT2D eigenvalue weighted by atomic mass is 9.76. The minimum atomic E-state index is -0.931. The molecular formula is C19H19NO3. The van der Waals surface area contributed by atoms with E-state index in [1.54, 1.807) is 7.11 Å². The van der Waals surface area contributed by atoms with Gasteiger partial charge in [-0.05, 0) is 48.2 Å². The maximum Gasteiger partial charge on any atom is 0.339 e. The van der Waals surface area contributed by atoms with Crippen molar-refractivity contribution in [1.29, 1.82) is 0 Å². The molecule has 1 aliphatic heterocycles. The van der Waals surface area contributed by atoms with E-state index in [4.69, 9.17) is 4.74 Å². The molecule has 0 saturated carbocycles. The number of aromatic carboxylic acids is 1. The Bertz CT molecular complexity index is 813. The van der Waals surface area contributed by atoms with Gasteiger partial charge in [0.2, 0.25) is 0 Å². The molecule has 2 aliphatic rings. The van der Waals surface area contributed by atoms with Crippen LogP contribution < -0.4 is 4.74 Å². The maximum absolute atomic E-state index is 11.7. The summed E-state index contributed by atoms with van der Waals surface area (Å²) in [6, 6.07) is 10.4. The zero-order valence-corrected chi connectivity index (χ0v) is 13.3. The van der Waals surface area contributed by atoms with E-state index in [0.29, 0.717) is 11.8 Å². The lowest BCUT2D eigenvalue weighted by Crippen LogP contribution is -2.36. The summed E-state index contributed by atoms with van der Waals surface area (Å²) in [7, 11) is 3.70. The first kappa shape index (κ1) is 14.3. The first-order valence-corrected chi connectivity index (χ1v) is 7.87. The molecule has 23 heavy (non-hydrogen) atoms. The van der Waals surface area contributed by atoms with E-state index in [1.807, 2.05) is 18.2 Å². The SMILES string of the molecule is COc1c(C(=O)O)cc2c3c1-c1ccccc1CC3N(C)CC2. The van der Waals surface area contributed by atoms with Gasteiger partial charge in [-0.25, -0.2) is 4.79 Å². The fraction of sp³-hybridized carbons (Fsp3) is 0.316. The molecule has 0 spiro atoms. The number of nitrogens with zero attached hydrogens (tertiary/aromatic N) is 1. The molecule has 4 nitrogen and oxygen atoms in total. The predicted octanol–water partition coefficient (Wildman–Crippen LogP) is 3.15. The van der Waals surface area contributed by atoms with Crippen LogP contribution in [0, 0.1) is 0 Å². The number of hydrogen-bond acceptors (Lipinski definition) is 3. The van der Waals surface area contributed by atoms with Crippen LogP contribution in [-0.4, -0.2) is 36.7 Å². The highest BCUT2D eigenvalue weighted by atomic mass is 16.5. The molecule has 2 aromatic rings. The van der Waals surface area contributed by atoms with E-state index >= 15 is 0 Å². The van der Waals surface area contributed by atoms with Crippen LogP contribution in [0.2, 0.25) is 0 Å². The molecule has 1 heterocycles. The molecular weight excluding hydrogens is 290 g/mol. The molecule has 2 aromatic carbocycles. The van der Waals surface area contributed by atoms with Gasteiger partial charge in [0.1, 0.15) is 11.3 Å². The van der Waals surface area contributed by atoms with E-state index in [9.17, 15) is 9.90 Å². The monoisotopic (exact) mass is 309 g/mol. The normalized spacial score (nSPS) is 19.0. The summed E-state index contributed by atoms with van der Waals surface area (Å²) in [6.07, 6.45) is 1.84. The third-order valence-corrected chi connectivity index (χ3v) is 5.14. The molecule has 0 fully saturated rings. The summed E-state index contributed by atoms with van der Waals surface area (Å²) in [4.78, 5) is 14.1. The number of fused-ring (bicyclic) bond motifs is 2. The van der Waals surface area contributed by atoms with E-state index in [2.05, 4.69) is 24.1 Å². The number of carbonyl (C=O) groups is 1. The van der Waals surface area contributed by atoms with Gasteiger partial charge in [-0.15, -0.1) is 0 Å². The highest BCUT2D eigenvalue weighted by Crippen LogP contribution is 2.50. The Morgan fingerprint density at radius 2 is 2.09 bits per heavy atom. The topological polar surface area (TPSA) is 49.8 Å².